The molecule has 5 nitrogen and oxygen atoms in total. The van der Waals surface area contributed by atoms with Gasteiger partial charge in [0.25, 0.3) is 0 Å². The molecule has 0 aromatic heterocycles. The summed E-state index contributed by atoms with van der Waals surface area (Å²) in [4.78, 5) is 28.1. The third-order valence-electron chi connectivity index (χ3n) is 5.59. The lowest BCUT2D eigenvalue weighted by atomic mass is 9.91. The van der Waals surface area contributed by atoms with Gasteiger partial charge in [0.1, 0.15) is 0 Å². The summed E-state index contributed by atoms with van der Waals surface area (Å²) < 4.78 is 0. The number of rotatable bonds is 4. The lowest BCUT2D eigenvalue weighted by Crippen LogP contribution is -2.54. The van der Waals surface area contributed by atoms with Crippen LogP contribution in [0.3, 0.4) is 0 Å². The van der Waals surface area contributed by atoms with Gasteiger partial charge in [0.05, 0.1) is 0 Å². The molecular weight excluding hydrogens is 278 g/mol. The van der Waals surface area contributed by atoms with Crippen molar-refractivity contribution in [3.05, 3.63) is 0 Å². The van der Waals surface area contributed by atoms with Crippen molar-refractivity contribution in [1.29, 1.82) is 0 Å². The second-order valence-electron chi connectivity index (χ2n) is 7.30. The molecule has 2 N–H and O–H groups in total. The first-order valence-electron chi connectivity index (χ1n) is 9.00. The zero-order chi connectivity index (χ0) is 15.5. The number of likely N-dealkylation sites (tertiary alicyclic amines) is 1. The average Bonchev–Trinajstić information content (AvgIpc) is 3.33. The standard InChI is InChI=1S/C17H29N3O2/c18-17(22)20(14-4-2-1-3-5-14)15-8-10-19(11-9-15)16(21)12-13-6-7-13/h13-15H,1-12H2,(H2,18,22). The molecule has 3 amide bonds. The number of primary amides is 1. The van der Waals surface area contributed by atoms with Crippen LogP contribution in [-0.2, 0) is 4.79 Å². The summed E-state index contributed by atoms with van der Waals surface area (Å²) in [5, 5.41) is 0. The number of urea groups is 1. The summed E-state index contributed by atoms with van der Waals surface area (Å²) in [6, 6.07) is 0.283. The van der Waals surface area contributed by atoms with Gasteiger partial charge in [-0.05, 0) is 44.4 Å². The average molecular weight is 307 g/mol. The molecule has 0 unspecified atom stereocenters. The molecule has 0 aromatic carbocycles. The lowest BCUT2D eigenvalue weighted by molar-refractivity contribution is -0.133. The highest BCUT2D eigenvalue weighted by Crippen LogP contribution is 2.33. The largest absolute Gasteiger partial charge is 0.351 e. The van der Waals surface area contributed by atoms with Crippen LogP contribution in [0.1, 0.15) is 64.2 Å². The maximum atomic E-state index is 12.2. The van der Waals surface area contributed by atoms with Gasteiger partial charge < -0.3 is 15.5 Å². The summed E-state index contributed by atoms with van der Waals surface area (Å²) >= 11 is 0. The van der Waals surface area contributed by atoms with Gasteiger partial charge in [0.2, 0.25) is 5.91 Å². The second-order valence-corrected chi connectivity index (χ2v) is 7.30. The van der Waals surface area contributed by atoms with E-state index < -0.39 is 0 Å². The molecule has 22 heavy (non-hydrogen) atoms. The van der Waals surface area contributed by atoms with Crippen molar-refractivity contribution in [2.24, 2.45) is 11.7 Å². The minimum Gasteiger partial charge on any atom is -0.351 e. The van der Waals surface area contributed by atoms with Crippen LogP contribution in [0.4, 0.5) is 4.79 Å². The fraction of sp³-hybridized carbons (Fsp3) is 0.882. The van der Waals surface area contributed by atoms with E-state index in [4.69, 9.17) is 5.73 Å². The maximum absolute atomic E-state index is 12.2. The van der Waals surface area contributed by atoms with Crippen LogP contribution in [0.25, 0.3) is 0 Å². The first-order valence-corrected chi connectivity index (χ1v) is 9.00. The van der Waals surface area contributed by atoms with Gasteiger partial charge >= 0.3 is 6.03 Å². The van der Waals surface area contributed by atoms with E-state index >= 15 is 0 Å². The Morgan fingerprint density at radius 2 is 1.50 bits per heavy atom. The van der Waals surface area contributed by atoms with Crippen molar-refractivity contribution in [1.82, 2.24) is 9.80 Å². The van der Waals surface area contributed by atoms with E-state index in [-0.39, 0.29) is 12.1 Å². The van der Waals surface area contributed by atoms with Crippen LogP contribution in [0, 0.1) is 5.92 Å². The van der Waals surface area contributed by atoms with Gasteiger partial charge in [0.15, 0.2) is 0 Å². The lowest BCUT2D eigenvalue weighted by Gasteiger charge is -2.42. The van der Waals surface area contributed by atoms with Gasteiger partial charge in [-0.1, -0.05) is 19.3 Å². The second kappa shape index (κ2) is 6.88. The molecule has 0 atom stereocenters. The molecule has 5 heteroatoms. The predicted octanol–water partition coefficient (Wildman–Crippen LogP) is 2.49. The fourth-order valence-corrected chi connectivity index (χ4v) is 4.11. The van der Waals surface area contributed by atoms with Gasteiger partial charge in [-0.25, -0.2) is 4.79 Å². The maximum Gasteiger partial charge on any atom is 0.315 e. The van der Waals surface area contributed by atoms with E-state index in [0.717, 1.165) is 45.2 Å². The molecule has 0 bridgehead atoms. The van der Waals surface area contributed by atoms with Gasteiger partial charge in [-0.3, -0.25) is 4.79 Å². The Hall–Kier alpha value is -1.26. The number of hydrogen-bond donors (Lipinski definition) is 1. The van der Waals surface area contributed by atoms with Crippen LogP contribution in [-0.4, -0.2) is 46.9 Å². The van der Waals surface area contributed by atoms with E-state index in [9.17, 15) is 9.59 Å². The number of amides is 3. The SMILES string of the molecule is NC(=O)N(C1CCCCC1)C1CCN(C(=O)CC2CC2)CC1. The minimum atomic E-state index is -0.269. The van der Waals surface area contributed by atoms with Crippen LogP contribution in [0.15, 0.2) is 0 Å². The van der Waals surface area contributed by atoms with Gasteiger partial charge in [-0.2, -0.15) is 0 Å². The Kier molecular flexibility index (Phi) is 4.89. The third-order valence-corrected chi connectivity index (χ3v) is 5.59. The Morgan fingerprint density at radius 1 is 0.909 bits per heavy atom. The number of nitrogens with two attached hydrogens (primary N) is 1. The van der Waals surface area contributed by atoms with Crippen molar-refractivity contribution in [2.45, 2.75) is 76.3 Å². The van der Waals surface area contributed by atoms with Crippen LogP contribution < -0.4 is 5.73 Å². The summed E-state index contributed by atoms with van der Waals surface area (Å²) in [6.07, 6.45) is 10.8. The molecule has 124 valence electrons. The number of carbonyl (C=O) groups is 2. The molecule has 0 aromatic rings. The molecule has 1 aliphatic heterocycles. The van der Waals surface area contributed by atoms with E-state index in [1.807, 2.05) is 9.80 Å². The highest BCUT2D eigenvalue weighted by molar-refractivity contribution is 5.77. The summed E-state index contributed by atoms with van der Waals surface area (Å²) in [5.74, 6) is 0.957. The van der Waals surface area contributed by atoms with Crippen molar-refractivity contribution in [3.63, 3.8) is 0 Å². The van der Waals surface area contributed by atoms with Crippen molar-refractivity contribution >= 4 is 11.9 Å². The molecule has 3 aliphatic rings. The molecular formula is C17H29N3O2. The first kappa shape index (κ1) is 15.6. The fourth-order valence-electron chi connectivity index (χ4n) is 4.11. The van der Waals surface area contributed by atoms with Gasteiger partial charge in [-0.15, -0.1) is 0 Å². The Bertz CT molecular complexity index is 408. The molecule has 2 aliphatic carbocycles. The van der Waals surface area contributed by atoms with Crippen LogP contribution in [0.2, 0.25) is 0 Å². The zero-order valence-electron chi connectivity index (χ0n) is 13.5. The minimum absolute atomic E-state index is 0.227. The monoisotopic (exact) mass is 307 g/mol. The molecule has 0 spiro atoms. The quantitative estimate of drug-likeness (QED) is 0.867. The number of hydrogen-bond acceptors (Lipinski definition) is 2. The smallest absolute Gasteiger partial charge is 0.315 e. The van der Waals surface area contributed by atoms with E-state index in [1.165, 1.54) is 32.1 Å². The number of carbonyl (C=O) groups excluding carboxylic acids is 2. The number of piperidine rings is 1. The van der Waals surface area contributed by atoms with Crippen LogP contribution in [0.5, 0.6) is 0 Å². The van der Waals surface area contributed by atoms with Crippen molar-refractivity contribution in [3.8, 4) is 0 Å². The van der Waals surface area contributed by atoms with Crippen molar-refractivity contribution in [2.75, 3.05) is 13.1 Å². The number of nitrogens with zero attached hydrogens (tertiary/aromatic N) is 2. The van der Waals surface area contributed by atoms with Crippen LogP contribution >= 0.6 is 0 Å². The molecule has 3 fully saturated rings. The van der Waals surface area contributed by atoms with Crippen molar-refractivity contribution < 1.29 is 9.59 Å². The Morgan fingerprint density at radius 3 is 2.05 bits per heavy atom. The van der Waals surface area contributed by atoms with E-state index in [0.29, 0.717) is 17.9 Å². The topological polar surface area (TPSA) is 66.6 Å². The summed E-state index contributed by atoms with van der Waals surface area (Å²) in [5.41, 5.74) is 5.67. The molecule has 2 saturated carbocycles. The summed E-state index contributed by atoms with van der Waals surface area (Å²) in [7, 11) is 0. The van der Waals surface area contributed by atoms with E-state index in [1.54, 1.807) is 0 Å². The Balaban J connectivity index is 1.53. The first-order chi connectivity index (χ1) is 10.6. The third kappa shape index (κ3) is 3.73. The normalized spacial score (nSPS) is 24.3. The Labute approximate surface area is 133 Å². The van der Waals surface area contributed by atoms with Gasteiger partial charge in [0, 0.05) is 31.6 Å². The molecule has 1 saturated heterocycles. The zero-order valence-corrected chi connectivity index (χ0v) is 13.5. The molecule has 3 rings (SSSR count). The van der Waals surface area contributed by atoms with E-state index in [2.05, 4.69) is 0 Å². The highest BCUT2D eigenvalue weighted by Gasteiger charge is 2.34. The summed E-state index contributed by atoms with van der Waals surface area (Å²) in [6.45, 7) is 1.57. The predicted molar refractivity (Wildman–Crippen MR) is 85.2 cm³/mol. The highest BCUT2D eigenvalue weighted by atomic mass is 16.2. The molecule has 0 radical (unpaired) electrons. The molecule has 1 heterocycles.